The predicted octanol–water partition coefficient (Wildman–Crippen LogP) is 4.36. The molecular weight excluding hydrogens is 392 g/mol. The third kappa shape index (κ3) is 3.61. The number of amides is 1. The number of anilines is 1. The number of carbonyl (C=O) groups excluding carboxylic acids is 1. The Kier molecular flexibility index (Phi) is 5.79. The SMILES string of the molecule is CC[C@H](C)c1nc(N2CCN(C(=O)[C@H](C)Cl)CC2)c2c3c(sc2n1)CCCC3. The second kappa shape index (κ2) is 8.15. The summed E-state index contributed by atoms with van der Waals surface area (Å²) in [7, 11) is 0. The Balaban J connectivity index is 1.71. The van der Waals surface area contributed by atoms with Crippen LogP contribution in [0.15, 0.2) is 0 Å². The quantitative estimate of drug-likeness (QED) is 0.689. The van der Waals surface area contributed by atoms with Crippen LogP contribution < -0.4 is 4.90 Å². The van der Waals surface area contributed by atoms with E-state index in [0.717, 1.165) is 42.4 Å². The number of carbonyl (C=O) groups is 1. The second-order valence-electron chi connectivity index (χ2n) is 8.03. The highest BCUT2D eigenvalue weighted by molar-refractivity contribution is 7.19. The van der Waals surface area contributed by atoms with Crippen molar-refractivity contribution in [1.82, 2.24) is 14.9 Å². The third-order valence-corrected chi connectivity index (χ3v) is 7.47. The summed E-state index contributed by atoms with van der Waals surface area (Å²) in [5.74, 6) is 2.42. The van der Waals surface area contributed by atoms with Crippen LogP contribution in [0.4, 0.5) is 5.82 Å². The molecule has 4 rings (SSSR count). The molecule has 1 aliphatic carbocycles. The molecule has 2 aromatic heterocycles. The summed E-state index contributed by atoms with van der Waals surface area (Å²) in [5.41, 5.74) is 1.48. The van der Waals surface area contributed by atoms with Crippen molar-refractivity contribution in [1.29, 1.82) is 0 Å². The van der Waals surface area contributed by atoms with Crippen LogP contribution in [-0.2, 0) is 17.6 Å². The molecule has 28 heavy (non-hydrogen) atoms. The van der Waals surface area contributed by atoms with E-state index in [1.54, 1.807) is 6.92 Å². The Morgan fingerprint density at radius 1 is 1.14 bits per heavy atom. The molecule has 1 amide bonds. The van der Waals surface area contributed by atoms with Gasteiger partial charge in [0.25, 0.3) is 0 Å². The molecule has 1 fully saturated rings. The number of halogens is 1. The van der Waals surface area contributed by atoms with Crippen LogP contribution in [-0.4, -0.2) is 52.3 Å². The van der Waals surface area contributed by atoms with Crippen LogP contribution in [0.25, 0.3) is 10.2 Å². The molecule has 1 aliphatic heterocycles. The van der Waals surface area contributed by atoms with Crippen molar-refractivity contribution in [2.75, 3.05) is 31.1 Å². The molecule has 2 aliphatic rings. The van der Waals surface area contributed by atoms with E-state index >= 15 is 0 Å². The van der Waals surface area contributed by atoms with E-state index in [2.05, 4.69) is 18.7 Å². The summed E-state index contributed by atoms with van der Waals surface area (Å²) in [5, 5.41) is 0.815. The molecule has 0 N–H and O–H groups in total. The molecule has 0 saturated carbocycles. The summed E-state index contributed by atoms with van der Waals surface area (Å²) in [6.07, 6.45) is 5.87. The van der Waals surface area contributed by atoms with Crippen LogP contribution in [0.3, 0.4) is 0 Å². The summed E-state index contributed by atoms with van der Waals surface area (Å²) in [6, 6.07) is 0. The topological polar surface area (TPSA) is 49.3 Å². The van der Waals surface area contributed by atoms with Crippen molar-refractivity contribution in [2.24, 2.45) is 0 Å². The minimum atomic E-state index is -0.460. The van der Waals surface area contributed by atoms with Crippen molar-refractivity contribution in [2.45, 2.75) is 64.2 Å². The fourth-order valence-corrected chi connectivity index (χ4v) is 5.58. The number of hydrogen-bond donors (Lipinski definition) is 0. The predicted molar refractivity (Wildman–Crippen MR) is 117 cm³/mol. The van der Waals surface area contributed by atoms with Gasteiger partial charge in [0.15, 0.2) is 0 Å². The van der Waals surface area contributed by atoms with Crippen molar-refractivity contribution < 1.29 is 4.79 Å². The van der Waals surface area contributed by atoms with Gasteiger partial charge >= 0.3 is 0 Å². The van der Waals surface area contributed by atoms with Crippen LogP contribution in [0.1, 0.15) is 62.2 Å². The third-order valence-electron chi connectivity index (χ3n) is 6.10. The van der Waals surface area contributed by atoms with Gasteiger partial charge in [-0.1, -0.05) is 13.8 Å². The van der Waals surface area contributed by atoms with Gasteiger partial charge < -0.3 is 9.80 Å². The fraction of sp³-hybridized carbons (Fsp3) is 0.667. The van der Waals surface area contributed by atoms with E-state index in [-0.39, 0.29) is 5.91 Å². The average molecular weight is 421 g/mol. The number of rotatable bonds is 4. The Labute approximate surface area is 176 Å². The zero-order valence-electron chi connectivity index (χ0n) is 17.0. The average Bonchev–Trinajstić information content (AvgIpc) is 3.10. The molecule has 152 valence electrons. The minimum absolute atomic E-state index is 0.0300. The van der Waals surface area contributed by atoms with Gasteiger partial charge in [0, 0.05) is 37.0 Å². The zero-order valence-corrected chi connectivity index (χ0v) is 18.6. The van der Waals surface area contributed by atoms with Crippen LogP contribution >= 0.6 is 22.9 Å². The first-order chi connectivity index (χ1) is 13.5. The molecule has 2 atom stereocenters. The molecule has 0 spiro atoms. The van der Waals surface area contributed by atoms with Gasteiger partial charge in [0.2, 0.25) is 5.91 Å². The van der Waals surface area contributed by atoms with Gasteiger partial charge in [-0.05, 0) is 44.6 Å². The second-order valence-corrected chi connectivity index (χ2v) is 9.77. The van der Waals surface area contributed by atoms with Crippen molar-refractivity contribution in [3.05, 3.63) is 16.3 Å². The maximum Gasteiger partial charge on any atom is 0.240 e. The summed E-state index contributed by atoms with van der Waals surface area (Å²) >= 11 is 7.87. The van der Waals surface area contributed by atoms with Gasteiger partial charge in [0.05, 0.1) is 5.39 Å². The molecule has 1 saturated heterocycles. The Morgan fingerprint density at radius 3 is 2.54 bits per heavy atom. The number of aryl methyl sites for hydroxylation is 2. The molecule has 0 unspecified atom stereocenters. The highest BCUT2D eigenvalue weighted by atomic mass is 35.5. The zero-order chi connectivity index (χ0) is 19.8. The van der Waals surface area contributed by atoms with Gasteiger partial charge in [-0.3, -0.25) is 4.79 Å². The van der Waals surface area contributed by atoms with Crippen LogP contribution in [0, 0.1) is 0 Å². The standard InChI is InChI=1S/C21H29ClN4OS/c1-4-13(2)18-23-19(25-9-11-26(12-10-25)21(27)14(3)22)17-15-7-5-6-8-16(15)28-20(17)24-18/h13-14H,4-12H2,1-3H3/t13-,14-/m0/s1. The lowest BCUT2D eigenvalue weighted by Gasteiger charge is -2.36. The van der Waals surface area contributed by atoms with E-state index in [1.165, 1.54) is 35.1 Å². The van der Waals surface area contributed by atoms with Crippen LogP contribution in [0.2, 0.25) is 0 Å². The molecule has 0 radical (unpaired) electrons. The lowest BCUT2D eigenvalue weighted by atomic mass is 9.96. The number of alkyl halides is 1. The normalized spacial score (nSPS) is 19.6. The van der Waals surface area contributed by atoms with Crippen molar-refractivity contribution in [3.63, 3.8) is 0 Å². The van der Waals surface area contributed by atoms with E-state index in [0.29, 0.717) is 19.0 Å². The number of fused-ring (bicyclic) bond motifs is 3. The molecule has 5 nitrogen and oxygen atoms in total. The summed E-state index contributed by atoms with van der Waals surface area (Å²) in [6.45, 7) is 9.14. The number of hydrogen-bond acceptors (Lipinski definition) is 5. The number of aromatic nitrogens is 2. The van der Waals surface area contributed by atoms with Crippen molar-refractivity contribution in [3.8, 4) is 0 Å². The van der Waals surface area contributed by atoms with Crippen LogP contribution in [0.5, 0.6) is 0 Å². The summed E-state index contributed by atoms with van der Waals surface area (Å²) < 4.78 is 0. The lowest BCUT2D eigenvalue weighted by molar-refractivity contribution is -0.130. The van der Waals surface area contributed by atoms with Gasteiger partial charge in [0.1, 0.15) is 21.8 Å². The lowest BCUT2D eigenvalue weighted by Crippen LogP contribution is -2.50. The molecule has 0 bridgehead atoms. The molecular formula is C21H29ClN4OS. The Bertz CT molecular complexity index is 873. The van der Waals surface area contributed by atoms with Gasteiger partial charge in [-0.15, -0.1) is 22.9 Å². The first kappa shape index (κ1) is 19.9. The maximum absolute atomic E-state index is 12.2. The molecule has 2 aromatic rings. The first-order valence-corrected chi connectivity index (χ1v) is 11.7. The van der Waals surface area contributed by atoms with Gasteiger partial charge in [-0.25, -0.2) is 9.97 Å². The fourth-order valence-electron chi connectivity index (χ4n) is 4.18. The van der Waals surface area contributed by atoms with Gasteiger partial charge in [-0.2, -0.15) is 0 Å². The molecule has 7 heteroatoms. The summed E-state index contributed by atoms with van der Waals surface area (Å²) in [4.78, 5) is 29.2. The first-order valence-electron chi connectivity index (χ1n) is 10.5. The van der Waals surface area contributed by atoms with E-state index in [1.807, 2.05) is 16.2 Å². The molecule has 3 heterocycles. The highest BCUT2D eigenvalue weighted by Crippen LogP contribution is 2.40. The monoisotopic (exact) mass is 420 g/mol. The van der Waals surface area contributed by atoms with E-state index < -0.39 is 5.38 Å². The van der Waals surface area contributed by atoms with Crippen molar-refractivity contribution >= 4 is 44.9 Å². The number of piperazine rings is 1. The highest BCUT2D eigenvalue weighted by Gasteiger charge is 2.28. The smallest absolute Gasteiger partial charge is 0.240 e. The van der Waals surface area contributed by atoms with E-state index in [4.69, 9.17) is 21.6 Å². The largest absolute Gasteiger partial charge is 0.352 e. The Morgan fingerprint density at radius 2 is 1.86 bits per heavy atom. The molecule has 0 aromatic carbocycles. The van der Waals surface area contributed by atoms with E-state index in [9.17, 15) is 4.79 Å². The maximum atomic E-state index is 12.2. The Hall–Kier alpha value is -1.40. The number of thiophene rings is 1. The number of nitrogens with zero attached hydrogens (tertiary/aromatic N) is 4. The minimum Gasteiger partial charge on any atom is -0.352 e.